The van der Waals surface area contributed by atoms with Gasteiger partial charge in [0.25, 0.3) is 0 Å². The van der Waals surface area contributed by atoms with Gasteiger partial charge < -0.3 is 9.73 Å². The van der Waals surface area contributed by atoms with Crippen molar-refractivity contribution < 1.29 is 14.0 Å². The number of ketones is 1. The zero-order valence-corrected chi connectivity index (χ0v) is 15.8. The molecular weight excluding hydrogens is 346 g/mol. The van der Waals surface area contributed by atoms with Crippen molar-refractivity contribution >= 4 is 28.3 Å². The number of aromatic nitrogens is 2. The molecule has 1 N–H and O–H groups in total. The van der Waals surface area contributed by atoms with Gasteiger partial charge in [0.1, 0.15) is 5.58 Å². The van der Waals surface area contributed by atoms with E-state index in [1.54, 1.807) is 23.7 Å². The van der Waals surface area contributed by atoms with Crippen LogP contribution in [0.3, 0.4) is 0 Å². The molecule has 0 fully saturated rings. The number of Topliss-reactive ketones (excluding diaryl/α,β-unsaturated/α-hetero) is 1. The Kier molecular flexibility index (Phi) is 4.94. The van der Waals surface area contributed by atoms with Gasteiger partial charge in [-0.1, -0.05) is 0 Å². The highest BCUT2D eigenvalue weighted by atomic mass is 16.4. The molecule has 1 aromatic carbocycles. The Hall–Kier alpha value is -3.22. The monoisotopic (exact) mass is 367 g/mol. The van der Waals surface area contributed by atoms with E-state index in [1.807, 2.05) is 19.9 Å². The number of aryl methyl sites for hydroxylation is 3. The Balaban J connectivity index is 1.71. The van der Waals surface area contributed by atoms with Crippen LogP contribution in [0.4, 0.5) is 5.69 Å². The van der Waals surface area contributed by atoms with Crippen LogP contribution in [0.15, 0.2) is 33.5 Å². The summed E-state index contributed by atoms with van der Waals surface area (Å²) < 4.78 is 6.87. The number of rotatable bonds is 5. The number of hydrogen-bond donors (Lipinski definition) is 1. The van der Waals surface area contributed by atoms with E-state index < -0.39 is 5.63 Å². The van der Waals surface area contributed by atoms with Gasteiger partial charge in [0, 0.05) is 41.9 Å². The van der Waals surface area contributed by atoms with Gasteiger partial charge in [-0.3, -0.25) is 14.3 Å². The van der Waals surface area contributed by atoms with E-state index in [2.05, 4.69) is 10.4 Å². The first kappa shape index (κ1) is 18.6. The molecule has 2 heterocycles. The zero-order valence-electron chi connectivity index (χ0n) is 15.8. The molecule has 1 amide bonds. The molecular formula is C20H21N3O4. The van der Waals surface area contributed by atoms with Gasteiger partial charge in [-0.05, 0) is 45.4 Å². The lowest BCUT2D eigenvalue weighted by molar-refractivity contribution is -0.116. The van der Waals surface area contributed by atoms with E-state index in [1.165, 1.54) is 13.0 Å². The summed E-state index contributed by atoms with van der Waals surface area (Å²) in [6, 6.07) is 6.65. The van der Waals surface area contributed by atoms with Crippen molar-refractivity contribution in [2.45, 2.75) is 40.7 Å². The number of nitrogens with one attached hydrogen (secondary N) is 1. The summed E-state index contributed by atoms with van der Waals surface area (Å²) in [4.78, 5) is 35.5. The smallest absolute Gasteiger partial charge is 0.336 e. The molecule has 0 saturated heterocycles. The van der Waals surface area contributed by atoms with Crippen molar-refractivity contribution in [2.24, 2.45) is 0 Å². The topological polar surface area (TPSA) is 94.2 Å². The molecule has 0 aliphatic heterocycles. The maximum Gasteiger partial charge on any atom is 0.336 e. The Morgan fingerprint density at radius 2 is 1.93 bits per heavy atom. The van der Waals surface area contributed by atoms with Crippen molar-refractivity contribution in [3.05, 3.63) is 57.2 Å². The van der Waals surface area contributed by atoms with Crippen molar-refractivity contribution in [3.63, 3.8) is 0 Å². The summed E-state index contributed by atoms with van der Waals surface area (Å²) in [6.45, 7) is 7.32. The van der Waals surface area contributed by atoms with Crippen LogP contribution in [0.1, 0.15) is 40.7 Å². The third-order valence-electron chi connectivity index (χ3n) is 4.52. The Labute approximate surface area is 156 Å². The lowest BCUT2D eigenvalue weighted by Crippen LogP contribution is -2.16. The number of carbonyl (C=O) groups excluding carboxylic acids is 2. The number of hydrogen-bond acceptors (Lipinski definition) is 5. The molecule has 3 rings (SSSR count). The number of anilines is 1. The Morgan fingerprint density at radius 3 is 2.59 bits per heavy atom. The first-order valence-electron chi connectivity index (χ1n) is 8.65. The number of amides is 1. The highest BCUT2D eigenvalue weighted by Crippen LogP contribution is 2.21. The number of fused-ring (bicyclic) bond motifs is 1. The quantitative estimate of drug-likeness (QED) is 0.552. The van der Waals surface area contributed by atoms with Crippen LogP contribution >= 0.6 is 0 Å². The molecule has 7 nitrogen and oxygen atoms in total. The summed E-state index contributed by atoms with van der Waals surface area (Å²) in [6.07, 6.45) is 0.203. The minimum atomic E-state index is -0.422. The molecule has 27 heavy (non-hydrogen) atoms. The molecule has 140 valence electrons. The zero-order chi connectivity index (χ0) is 19.7. The van der Waals surface area contributed by atoms with Gasteiger partial charge in [-0.25, -0.2) is 4.79 Å². The summed E-state index contributed by atoms with van der Waals surface area (Å²) >= 11 is 0. The van der Waals surface area contributed by atoms with Gasteiger partial charge >= 0.3 is 5.63 Å². The second kappa shape index (κ2) is 7.19. The fourth-order valence-corrected chi connectivity index (χ4v) is 3.26. The average molecular weight is 367 g/mol. The second-order valence-electron chi connectivity index (χ2n) is 6.58. The maximum atomic E-state index is 12.3. The maximum absolute atomic E-state index is 12.3. The normalized spacial score (nSPS) is 11.0. The van der Waals surface area contributed by atoms with Gasteiger partial charge in [0.2, 0.25) is 5.91 Å². The SMILES string of the molecule is CC(=O)c1c(C)nn(CCC(=O)Nc2ccc3c(C)cc(=O)oc3c2)c1C. The van der Waals surface area contributed by atoms with Gasteiger partial charge in [0.05, 0.1) is 11.3 Å². The number of benzene rings is 1. The number of nitrogens with zero attached hydrogens (tertiary/aromatic N) is 2. The van der Waals surface area contributed by atoms with Crippen molar-refractivity contribution in [1.29, 1.82) is 0 Å². The molecule has 0 atom stereocenters. The molecule has 2 aromatic heterocycles. The Morgan fingerprint density at radius 1 is 1.19 bits per heavy atom. The van der Waals surface area contributed by atoms with Crippen LogP contribution in [0.25, 0.3) is 11.0 Å². The average Bonchev–Trinajstić information content (AvgIpc) is 2.86. The fourth-order valence-electron chi connectivity index (χ4n) is 3.26. The molecule has 0 spiro atoms. The van der Waals surface area contributed by atoms with E-state index in [4.69, 9.17) is 4.42 Å². The first-order valence-corrected chi connectivity index (χ1v) is 8.65. The largest absolute Gasteiger partial charge is 0.423 e. The predicted octanol–water partition coefficient (Wildman–Crippen LogP) is 3.15. The molecule has 0 saturated carbocycles. The third-order valence-corrected chi connectivity index (χ3v) is 4.52. The van der Waals surface area contributed by atoms with Crippen LogP contribution < -0.4 is 10.9 Å². The molecule has 0 bridgehead atoms. The number of carbonyl (C=O) groups is 2. The van der Waals surface area contributed by atoms with Crippen LogP contribution in [-0.2, 0) is 11.3 Å². The molecule has 3 aromatic rings. The van der Waals surface area contributed by atoms with Crippen molar-refractivity contribution in [3.8, 4) is 0 Å². The lowest BCUT2D eigenvalue weighted by Gasteiger charge is -2.08. The van der Waals surface area contributed by atoms with Gasteiger partial charge in [0.15, 0.2) is 5.78 Å². The summed E-state index contributed by atoms with van der Waals surface area (Å²) in [7, 11) is 0. The lowest BCUT2D eigenvalue weighted by atomic mass is 10.1. The van der Waals surface area contributed by atoms with Crippen molar-refractivity contribution in [2.75, 3.05) is 5.32 Å². The Bertz CT molecular complexity index is 1110. The van der Waals surface area contributed by atoms with Gasteiger partial charge in [-0.2, -0.15) is 5.10 Å². The first-order chi connectivity index (χ1) is 12.8. The fraction of sp³-hybridized carbons (Fsp3) is 0.300. The minimum absolute atomic E-state index is 0.0337. The molecule has 7 heteroatoms. The van der Waals surface area contributed by atoms with Gasteiger partial charge in [-0.15, -0.1) is 0 Å². The predicted molar refractivity (Wildman–Crippen MR) is 102 cm³/mol. The summed E-state index contributed by atoms with van der Waals surface area (Å²) in [5.74, 6) is -0.227. The minimum Gasteiger partial charge on any atom is -0.423 e. The molecule has 0 aliphatic rings. The molecule has 0 aliphatic carbocycles. The molecule has 0 radical (unpaired) electrons. The molecule has 0 unspecified atom stereocenters. The van der Waals surface area contributed by atoms with E-state index in [9.17, 15) is 14.4 Å². The van der Waals surface area contributed by atoms with Crippen molar-refractivity contribution in [1.82, 2.24) is 9.78 Å². The van der Waals surface area contributed by atoms with Crippen LogP contribution in [0, 0.1) is 20.8 Å². The third kappa shape index (κ3) is 3.81. The van der Waals surface area contributed by atoms with Crippen LogP contribution in [0.2, 0.25) is 0 Å². The second-order valence-corrected chi connectivity index (χ2v) is 6.58. The summed E-state index contributed by atoms with van der Waals surface area (Å²) in [5.41, 5.74) is 3.42. The standard InChI is InChI=1S/C20H21N3O4/c1-11-9-19(26)27-17-10-15(5-6-16(11)17)21-18(25)7-8-23-13(3)20(14(4)24)12(2)22-23/h5-6,9-10H,7-8H2,1-4H3,(H,21,25). The van der Waals surface area contributed by atoms with E-state index in [-0.39, 0.29) is 18.1 Å². The highest BCUT2D eigenvalue weighted by molar-refractivity contribution is 5.96. The summed E-state index contributed by atoms with van der Waals surface area (Å²) in [5, 5.41) is 7.96. The van der Waals surface area contributed by atoms with Crippen LogP contribution in [-0.4, -0.2) is 21.5 Å². The van der Waals surface area contributed by atoms with Crippen LogP contribution in [0.5, 0.6) is 0 Å². The van der Waals surface area contributed by atoms with E-state index in [0.29, 0.717) is 29.1 Å². The van der Waals surface area contributed by atoms with E-state index >= 15 is 0 Å². The highest BCUT2D eigenvalue weighted by Gasteiger charge is 2.16. The van der Waals surface area contributed by atoms with E-state index in [0.717, 1.165) is 16.6 Å².